The average molecular weight is 241 g/mol. The van der Waals surface area contributed by atoms with Gasteiger partial charge in [-0.05, 0) is 36.7 Å². The quantitative estimate of drug-likeness (QED) is 0.867. The van der Waals surface area contributed by atoms with Gasteiger partial charge in [0.15, 0.2) is 0 Å². The van der Waals surface area contributed by atoms with Gasteiger partial charge in [-0.1, -0.05) is 42.5 Å². The van der Waals surface area contributed by atoms with E-state index >= 15 is 0 Å². The molecule has 0 spiro atoms. The lowest BCUT2D eigenvalue weighted by Crippen LogP contribution is -2.05. The van der Waals surface area contributed by atoms with Crippen LogP contribution >= 0.6 is 0 Å². The fourth-order valence-electron chi connectivity index (χ4n) is 1.91. The maximum atomic E-state index is 5.84. The summed E-state index contributed by atoms with van der Waals surface area (Å²) in [4.78, 5) is 0. The molecule has 0 fully saturated rings. The summed E-state index contributed by atoms with van der Waals surface area (Å²) in [6.45, 7) is 3.56. The molecule has 0 aliphatic heterocycles. The summed E-state index contributed by atoms with van der Waals surface area (Å²) in [5.74, 6) is 0.955. The lowest BCUT2D eigenvalue weighted by molar-refractivity contribution is 0.304. The van der Waals surface area contributed by atoms with Crippen LogP contribution in [0.15, 0.2) is 48.5 Å². The van der Waals surface area contributed by atoms with Crippen molar-refractivity contribution in [2.45, 2.75) is 20.1 Å². The molecule has 0 saturated carbocycles. The monoisotopic (exact) mass is 241 g/mol. The van der Waals surface area contributed by atoms with E-state index in [9.17, 15) is 0 Å². The Morgan fingerprint density at radius 1 is 1.00 bits per heavy atom. The first-order valence-electron chi connectivity index (χ1n) is 6.20. The summed E-state index contributed by atoms with van der Waals surface area (Å²) in [6, 6.07) is 16.6. The van der Waals surface area contributed by atoms with E-state index in [0.717, 1.165) is 12.3 Å². The van der Waals surface area contributed by atoms with E-state index in [0.29, 0.717) is 6.61 Å². The van der Waals surface area contributed by atoms with Crippen LogP contribution in [-0.4, -0.2) is 7.05 Å². The number of nitrogens with one attached hydrogen (secondary N) is 1. The molecule has 1 N–H and O–H groups in total. The summed E-state index contributed by atoms with van der Waals surface area (Å²) in [7, 11) is 1.95. The van der Waals surface area contributed by atoms with E-state index in [1.54, 1.807) is 0 Å². The van der Waals surface area contributed by atoms with Crippen LogP contribution in [0.25, 0.3) is 0 Å². The van der Waals surface area contributed by atoms with Crippen molar-refractivity contribution in [2.75, 3.05) is 7.05 Å². The smallest absolute Gasteiger partial charge is 0.122 e. The molecule has 2 rings (SSSR count). The van der Waals surface area contributed by atoms with Gasteiger partial charge in [0, 0.05) is 6.54 Å². The number of para-hydroxylation sites is 1. The molecule has 18 heavy (non-hydrogen) atoms. The summed E-state index contributed by atoms with van der Waals surface area (Å²) in [6.07, 6.45) is 0. The number of hydrogen-bond acceptors (Lipinski definition) is 2. The average Bonchev–Trinajstić information content (AvgIpc) is 2.39. The molecule has 0 saturated heterocycles. The highest BCUT2D eigenvalue weighted by Gasteiger charge is 2.00. The third-order valence-electron chi connectivity index (χ3n) is 2.86. The van der Waals surface area contributed by atoms with Crippen molar-refractivity contribution in [3.63, 3.8) is 0 Å². The van der Waals surface area contributed by atoms with Crippen LogP contribution in [0.5, 0.6) is 5.75 Å². The van der Waals surface area contributed by atoms with Crippen molar-refractivity contribution in [2.24, 2.45) is 0 Å². The molecule has 0 heterocycles. The van der Waals surface area contributed by atoms with Gasteiger partial charge in [0.25, 0.3) is 0 Å². The maximum absolute atomic E-state index is 5.84. The molecule has 2 heteroatoms. The third-order valence-corrected chi connectivity index (χ3v) is 2.86. The lowest BCUT2D eigenvalue weighted by Gasteiger charge is -2.09. The Morgan fingerprint density at radius 2 is 1.78 bits per heavy atom. The molecule has 0 aliphatic carbocycles. The molecular formula is C16H19NO. The first-order chi connectivity index (χ1) is 8.79. The number of ether oxygens (including phenoxy) is 1. The van der Waals surface area contributed by atoms with Gasteiger partial charge < -0.3 is 10.1 Å². The van der Waals surface area contributed by atoms with Gasteiger partial charge >= 0.3 is 0 Å². The molecule has 2 nitrogen and oxygen atoms in total. The van der Waals surface area contributed by atoms with Gasteiger partial charge in [-0.3, -0.25) is 0 Å². The Kier molecular flexibility index (Phi) is 4.37. The van der Waals surface area contributed by atoms with Gasteiger partial charge in [0.1, 0.15) is 12.4 Å². The third kappa shape index (κ3) is 3.34. The highest BCUT2D eigenvalue weighted by molar-refractivity contribution is 5.32. The molecule has 0 radical (unpaired) electrons. The first-order valence-corrected chi connectivity index (χ1v) is 6.20. The number of hydrogen-bond donors (Lipinski definition) is 1. The van der Waals surface area contributed by atoms with Crippen molar-refractivity contribution in [3.05, 3.63) is 65.2 Å². The van der Waals surface area contributed by atoms with Crippen LogP contribution in [0.4, 0.5) is 0 Å². The summed E-state index contributed by atoms with van der Waals surface area (Å²) in [5.41, 5.74) is 3.65. The Hall–Kier alpha value is -1.80. The van der Waals surface area contributed by atoms with Crippen LogP contribution in [0.3, 0.4) is 0 Å². The molecule has 0 unspecified atom stereocenters. The predicted octanol–water partition coefficient (Wildman–Crippen LogP) is 3.29. The minimum atomic E-state index is 0.613. The van der Waals surface area contributed by atoms with Gasteiger partial charge in [0.2, 0.25) is 0 Å². The fraction of sp³-hybridized carbons (Fsp3) is 0.250. The van der Waals surface area contributed by atoms with Crippen molar-refractivity contribution in [1.29, 1.82) is 0 Å². The molecule has 0 atom stereocenters. The molecule has 2 aromatic rings. The minimum absolute atomic E-state index is 0.613. The SMILES string of the molecule is CNCc1cccc(COc2ccccc2C)c1. The standard InChI is InChI=1S/C16H19NO/c1-13-6-3-4-9-16(13)18-12-15-8-5-7-14(10-15)11-17-2/h3-10,17H,11-12H2,1-2H3. The first kappa shape index (κ1) is 12.7. The number of aryl methyl sites for hydroxylation is 1. The second-order valence-corrected chi connectivity index (χ2v) is 4.40. The van der Waals surface area contributed by atoms with E-state index in [1.807, 2.05) is 25.2 Å². The van der Waals surface area contributed by atoms with Crippen molar-refractivity contribution < 1.29 is 4.74 Å². The van der Waals surface area contributed by atoms with E-state index < -0.39 is 0 Å². The lowest BCUT2D eigenvalue weighted by atomic mass is 10.1. The summed E-state index contributed by atoms with van der Waals surface area (Å²) < 4.78 is 5.84. The molecule has 0 amide bonds. The Bertz CT molecular complexity index is 508. The van der Waals surface area contributed by atoms with Crippen LogP contribution in [0.1, 0.15) is 16.7 Å². The molecule has 0 aromatic heterocycles. The molecule has 2 aromatic carbocycles. The largest absolute Gasteiger partial charge is 0.489 e. The molecule has 0 aliphatic rings. The number of rotatable bonds is 5. The van der Waals surface area contributed by atoms with Crippen LogP contribution in [0, 0.1) is 6.92 Å². The highest BCUT2D eigenvalue weighted by Crippen LogP contribution is 2.18. The second kappa shape index (κ2) is 6.22. The van der Waals surface area contributed by atoms with Crippen molar-refractivity contribution in [1.82, 2.24) is 5.32 Å². The second-order valence-electron chi connectivity index (χ2n) is 4.40. The van der Waals surface area contributed by atoms with Crippen LogP contribution in [0.2, 0.25) is 0 Å². The zero-order valence-electron chi connectivity index (χ0n) is 10.9. The molecule has 94 valence electrons. The van der Waals surface area contributed by atoms with E-state index in [4.69, 9.17) is 4.74 Å². The zero-order chi connectivity index (χ0) is 12.8. The minimum Gasteiger partial charge on any atom is -0.489 e. The predicted molar refractivity (Wildman–Crippen MR) is 74.7 cm³/mol. The van der Waals surface area contributed by atoms with Gasteiger partial charge in [-0.25, -0.2) is 0 Å². The fourth-order valence-corrected chi connectivity index (χ4v) is 1.91. The Morgan fingerprint density at radius 3 is 2.56 bits per heavy atom. The normalized spacial score (nSPS) is 10.3. The summed E-state index contributed by atoms with van der Waals surface area (Å²) in [5, 5.41) is 3.15. The van der Waals surface area contributed by atoms with E-state index in [2.05, 4.69) is 42.6 Å². The van der Waals surface area contributed by atoms with Crippen LogP contribution < -0.4 is 10.1 Å². The van der Waals surface area contributed by atoms with Gasteiger partial charge in [-0.15, -0.1) is 0 Å². The zero-order valence-corrected chi connectivity index (χ0v) is 10.9. The molecule has 0 bridgehead atoms. The van der Waals surface area contributed by atoms with E-state index in [-0.39, 0.29) is 0 Å². The summed E-state index contributed by atoms with van der Waals surface area (Å²) >= 11 is 0. The van der Waals surface area contributed by atoms with Crippen molar-refractivity contribution in [3.8, 4) is 5.75 Å². The maximum Gasteiger partial charge on any atom is 0.122 e. The van der Waals surface area contributed by atoms with Gasteiger partial charge in [0.05, 0.1) is 0 Å². The highest BCUT2D eigenvalue weighted by atomic mass is 16.5. The van der Waals surface area contributed by atoms with Gasteiger partial charge in [-0.2, -0.15) is 0 Å². The topological polar surface area (TPSA) is 21.3 Å². The van der Waals surface area contributed by atoms with E-state index in [1.165, 1.54) is 16.7 Å². The Labute approximate surface area is 109 Å². The van der Waals surface area contributed by atoms with Crippen molar-refractivity contribution >= 4 is 0 Å². The molecular weight excluding hydrogens is 222 g/mol. The number of benzene rings is 2. The van der Waals surface area contributed by atoms with Crippen LogP contribution in [-0.2, 0) is 13.2 Å². The Balaban J connectivity index is 2.02.